The van der Waals surface area contributed by atoms with E-state index >= 15 is 0 Å². The van der Waals surface area contributed by atoms with Crippen LogP contribution in [0, 0.1) is 0 Å². The van der Waals surface area contributed by atoms with Gasteiger partial charge in [0.1, 0.15) is 29.8 Å². The van der Waals surface area contributed by atoms with Crippen molar-refractivity contribution in [3.63, 3.8) is 0 Å². The van der Waals surface area contributed by atoms with Crippen LogP contribution in [0.1, 0.15) is 12.8 Å². The highest BCUT2D eigenvalue weighted by molar-refractivity contribution is 7.96. The highest BCUT2D eigenvalue weighted by Gasteiger charge is 2.59. The monoisotopic (exact) mass is 578 g/mol. The number of hydrogen-bond acceptors (Lipinski definition) is 3. The van der Waals surface area contributed by atoms with Gasteiger partial charge >= 0.3 is 6.09 Å². The Morgan fingerprint density at radius 2 is 1.38 bits per heavy atom. The number of carbonyl (C=O) groups excluding carboxylic acids is 2. The molecular formula is C30H32BrN2O3P. The van der Waals surface area contributed by atoms with Crippen molar-refractivity contribution in [2.24, 2.45) is 0 Å². The number of carbonyl (C=O) groups is 2. The lowest BCUT2D eigenvalue weighted by Gasteiger charge is -2.32. The average molecular weight is 579 g/mol. The summed E-state index contributed by atoms with van der Waals surface area (Å²) in [6.07, 6.45) is 2.80. The molecule has 2 atom stereocenters. The number of rotatable bonds is 7. The molecule has 7 heteroatoms. The average Bonchev–Trinajstić information content (AvgIpc) is 3.57. The van der Waals surface area contributed by atoms with Crippen LogP contribution in [0.3, 0.4) is 0 Å². The Hall–Kier alpha value is -2.95. The standard InChI is InChI=1S/C30H32N2O3P.BrH/c1-2-22-35-30(34)31-20-18-24(23-31)32-21-19-28(29(32)33)36(25-12-6-3-7-13-25,26-14-8-4-9-15-26)27-16-10-5-11-17-27;/h2-17,24,28H,1,18-23H2;1H/q+1;/p-1/t24-,28-;/m0./s1. The molecule has 0 aliphatic carbocycles. The molecule has 0 aromatic heterocycles. The third kappa shape index (κ3) is 5.10. The molecule has 2 aliphatic rings. The largest absolute Gasteiger partial charge is 1.00 e. The molecule has 3 aromatic rings. The van der Waals surface area contributed by atoms with Gasteiger partial charge in [-0.15, -0.1) is 0 Å². The topological polar surface area (TPSA) is 49.9 Å². The summed E-state index contributed by atoms with van der Waals surface area (Å²) in [5, 5.41) is 3.68. The minimum absolute atomic E-state index is 0. The zero-order chi connectivity index (χ0) is 25.0. The second-order valence-corrected chi connectivity index (χ2v) is 12.9. The number of benzene rings is 3. The maximum absolute atomic E-state index is 14.3. The third-order valence-corrected chi connectivity index (χ3v) is 12.1. The van der Waals surface area contributed by atoms with Gasteiger partial charge in [0, 0.05) is 26.1 Å². The van der Waals surface area contributed by atoms with Gasteiger partial charge in [0.2, 0.25) is 0 Å². The summed E-state index contributed by atoms with van der Waals surface area (Å²) in [7, 11) is -2.29. The maximum atomic E-state index is 14.3. The first-order valence-electron chi connectivity index (χ1n) is 12.5. The van der Waals surface area contributed by atoms with Crippen molar-refractivity contribution in [1.29, 1.82) is 0 Å². The van der Waals surface area contributed by atoms with Crippen LogP contribution >= 0.6 is 7.26 Å². The molecule has 0 radical (unpaired) electrons. The number of amides is 2. The molecule has 0 spiro atoms. The fourth-order valence-electron chi connectivity index (χ4n) is 5.77. The molecule has 192 valence electrons. The molecular weight excluding hydrogens is 547 g/mol. The van der Waals surface area contributed by atoms with Crippen LogP contribution in [0.15, 0.2) is 104 Å². The lowest BCUT2D eigenvalue weighted by atomic mass is 10.2. The van der Waals surface area contributed by atoms with Crippen molar-refractivity contribution in [2.45, 2.75) is 24.5 Å². The summed E-state index contributed by atoms with van der Waals surface area (Å²) >= 11 is 0. The minimum Gasteiger partial charge on any atom is -1.00 e. The molecule has 5 rings (SSSR count). The Labute approximate surface area is 230 Å². The molecule has 0 N–H and O–H groups in total. The summed E-state index contributed by atoms with van der Waals surface area (Å²) in [4.78, 5) is 30.4. The SMILES string of the molecule is C=CCOC(=O)N1CC[C@H](N2CC[C@H]([P+](c3ccccc3)(c3ccccc3)c3ccccc3)C2=O)C1.[Br-]. The van der Waals surface area contributed by atoms with E-state index in [0.717, 1.165) is 12.8 Å². The summed E-state index contributed by atoms with van der Waals surface area (Å²) < 4.78 is 5.23. The highest BCUT2D eigenvalue weighted by Crippen LogP contribution is 2.62. The zero-order valence-electron chi connectivity index (χ0n) is 20.8. The van der Waals surface area contributed by atoms with Gasteiger partial charge in [-0.05, 0) is 42.8 Å². The van der Waals surface area contributed by atoms with Gasteiger partial charge in [0.15, 0.2) is 5.66 Å². The Morgan fingerprint density at radius 3 is 1.86 bits per heavy atom. The van der Waals surface area contributed by atoms with Crippen LogP contribution in [-0.4, -0.2) is 59.7 Å². The van der Waals surface area contributed by atoms with Gasteiger partial charge in [-0.3, -0.25) is 4.79 Å². The second kappa shape index (κ2) is 12.1. The van der Waals surface area contributed by atoms with E-state index in [1.54, 1.807) is 11.0 Å². The summed E-state index contributed by atoms with van der Waals surface area (Å²) in [6.45, 7) is 5.63. The highest BCUT2D eigenvalue weighted by atomic mass is 79.9. The van der Waals surface area contributed by atoms with Gasteiger partial charge < -0.3 is 31.5 Å². The van der Waals surface area contributed by atoms with E-state index in [2.05, 4.69) is 79.4 Å². The zero-order valence-corrected chi connectivity index (χ0v) is 23.3. The second-order valence-electron chi connectivity index (χ2n) is 9.32. The van der Waals surface area contributed by atoms with Crippen molar-refractivity contribution in [2.75, 3.05) is 26.2 Å². The van der Waals surface area contributed by atoms with Crippen molar-refractivity contribution in [1.82, 2.24) is 9.80 Å². The Bertz CT molecular complexity index is 1110. The molecule has 2 amide bonds. The minimum atomic E-state index is -2.29. The van der Waals surface area contributed by atoms with Gasteiger partial charge in [0.05, 0.1) is 6.04 Å². The number of nitrogens with zero attached hydrogens (tertiary/aromatic N) is 2. The van der Waals surface area contributed by atoms with E-state index in [-0.39, 0.29) is 47.3 Å². The lowest BCUT2D eigenvalue weighted by molar-refractivity contribution is -0.129. The van der Waals surface area contributed by atoms with Crippen molar-refractivity contribution in [3.05, 3.63) is 104 Å². The molecule has 0 bridgehead atoms. The van der Waals surface area contributed by atoms with Crippen LogP contribution < -0.4 is 32.9 Å². The predicted octanol–water partition coefficient (Wildman–Crippen LogP) is 0.982. The fraction of sp³-hybridized carbons (Fsp3) is 0.267. The smallest absolute Gasteiger partial charge is 0.410 e. The van der Waals surface area contributed by atoms with Crippen LogP contribution in [0.5, 0.6) is 0 Å². The normalized spacial score (nSPS) is 19.4. The van der Waals surface area contributed by atoms with Gasteiger partial charge in [-0.2, -0.15) is 0 Å². The third-order valence-electron chi connectivity index (χ3n) is 7.36. The Balaban J connectivity index is 0.00000320. The molecule has 2 heterocycles. The van der Waals surface area contributed by atoms with Crippen LogP contribution in [0.2, 0.25) is 0 Å². The first-order chi connectivity index (χ1) is 17.7. The lowest BCUT2D eigenvalue weighted by Crippen LogP contribution is -3.00. The van der Waals surface area contributed by atoms with E-state index < -0.39 is 7.26 Å². The fourth-order valence-corrected chi connectivity index (χ4v) is 10.7. The van der Waals surface area contributed by atoms with Crippen molar-refractivity contribution < 1.29 is 31.3 Å². The van der Waals surface area contributed by atoms with E-state index in [4.69, 9.17) is 4.74 Å². The molecule has 2 aliphatic heterocycles. The van der Waals surface area contributed by atoms with E-state index in [1.165, 1.54) is 15.9 Å². The molecule has 2 fully saturated rings. The molecule has 5 nitrogen and oxygen atoms in total. The molecule has 2 saturated heterocycles. The predicted molar refractivity (Wildman–Crippen MR) is 147 cm³/mol. The summed E-state index contributed by atoms with van der Waals surface area (Å²) in [5.74, 6) is 0.200. The van der Waals surface area contributed by atoms with E-state index in [1.807, 2.05) is 23.1 Å². The van der Waals surface area contributed by atoms with Crippen LogP contribution in [0.25, 0.3) is 0 Å². The van der Waals surface area contributed by atoms with Gasteiger partial charge in [0.25, 0.3) is 5.91 Å². The van der Waals surface area contributed by atoms with Crippen molar-refractivity contribution >= 4 is 35.2 Å². The van der Waals surface area contributed by atoms with E-state index in [0.29, 0.717) is 19.6 Å². The maximum Gasteiger partial charge on any atom is 0.410 e. The molecule has 37 heavy (non-hydrogen) atoms. The molecule has 0 unspecified atom stereocenters. The first kappa shape index (κ1) is 27.1. The number of ether oxygens (including phenoxy) is 1. The van der Waals surface area contributed by atoms with E-state index in [9.17, 15) is 9.59 Å². The first-order valence-corrected chi connectivity index (χ1v) is 14.4. The van der Waals surface area contributed by atoms with Crippen LogP contribution in [-0.2, 0) is 9.53 Å². The van der Waals surface area contributed by atoms with Crippen LogP contribution in [0.4, 0.5) is 4.79 Å². The molecule has 3 aromatic carbocycles. The Morgan fingerprint density at radius 1 is 0.865 bits per heavy atom. The van der Waals surface area contributed by atoms with Crippen molar-refractivity contribution in [3.8, 4) is 0 Å². The Kier molecular flexibility index (Phi) is 8.83. The number of likely N-dealkylation sites (tertiary alicyclic amines) is 2. The summed E-state index contributed by atoms with van der Waals surface area (Å²) in [6, 6.07) is 31.8. The van der Waals surface area contributed by atoms with Gasteiger partial charge in [-0.25, -0.2) is 4.79 Å². The van der Waals surface area contributed by atoms with Gasteiger partial charge in [-0.1, -0.05) is 67.3 Å². The number of hydrogen-bond donors (Lipinski definition) is 0. The number of halogens is 1. The summed E-state index contributed by atoms with van der Waals surface area (Å²) in [5.41, 5.74) is -0.147. The molecule has 0 saturated carbocycles. The quantitative estimate of drug-likeness (QED) is 0.310.